The van der Waals surface area contributed by atoms with E-state index in [1.165, 1.54) is 51.4 Å². The molecule has 0 spiro atoms. The van der Waals surface area contributed by atoms with Crippen molar-refractivity contribution in [3.05, 3.63) is 71.8 Å². The Morgan fingerprint density at radius 3 is 1.64 bits per heavy atom. The molecule has 2 amide bonds. The molecule has 6 heteroatoms. The van der Waals surface area contributed by atoms with E-state index in [2.05, 4.69) is 12.2 Å². The zero-order valence-electron chi connectivity index (χ0n) is 26.0. The monoisotopic (exact) mass is 578 g/mol. The fraction of sp³-hybridized carbons (Fsp3) is 0.583. The SMILES string of the molecule is CCCCCCCCCCCCC(CN)C(=O)NC(=O)C(Cc1ccccc1)CC(Cc1ccccc1)C(=O)OCC. The van der Waals surface area contributed by atoms with Crippen molar-refractivity contribution in [1.29, 1.82) is 0 Å². The predicted octanol–water partition coefficient (Wildman–Crippen LogP) is 7.19. The first-order valence-electron chi connectivity index (χ1n) is 16.3. The highest BCUT2D eigenvalue weighted by atomic mass is 16.5. The Balaban J connectivity index is 1.97. The molecule has 0 fully saturated rings. The summed E-state index contributed by atoms with van der Waals surface area (Å²) in [4.78, 5) is 39.7. The Hall–Kier alpha value is -2.99. The molecule has 0 radical (unpaired) electrons. The van der Waals surface area contributed by atoms with Crippen LogP contribution in [0.3, 0.4) is 0 Å². The molecule has 0 saturated heterocycles. The Labute approximate surface area is 254 Å². The van der Waals surface area contributed by atoms with E-state index in [1.807, 2.05) is 60.7 Å². The summed E-state index contributed by atoms with van der Waals surface area (Å²) < 4.78 is 5.39. The number of unbranched alkanes of at least 4 members (excludes halogenated alkanes) is 9. The molecular weight excluding hydrogens is 524 g/mol. The normalized spacial score (nSPS) is 13.2. The van der Waals surface area contributed by atoms with Gasteiger partial charge in [0.15, 0.2) is 0 Å². The molecule has 2 aromatic rings. The van der Waals surface area contributed by atoms with Crippen LogP contribution in [0.15, 0.2) is 60.7 Å². The minimum absolute atomic E-state index is 0.208. The van der Waals surface area contributed by atoms with Crippen molar-refractivity contribution in [3.8, 4) is 0 Å². The standard InChI is InChI=1S/C36H54N2O4/c1-3-5-6-7-8-9-10-11-12-19-24-31(28-37)34(39)38-35(40)32(25-29-20-15-13-16-21-29)27-33(36(41)42-4-2)26-30-22-17-14-18-23-30/h13-18,20-23,31-33H,3-12,19,24-28,37H2,1-2H3,(H,38,39,40). The van der Waals surface area contributed by atoms with Crippen LogP contribution in [0.2, 0.25) is 0 Å². The van der Waals surface area contributed by atoms with E-state index in [9.17, 15) is 14.4 Å². The number of hydrogen-bond donors (Lipinski definition) is 2. The first-order valence-corrected chi connectivity index (χ1v) is 16.3. The van der Waals surface area contributed by atoms with Gasteiger partial charge in [0.2, 0.25) is 11.8 Å². The Morgan fingerprint density at radius 1 is 0.667 bits per heavy atom. The third kappa shape index (κ3) is 14.3. The van der Waals surface area contributed by atoms with Gasteiger partial charge in [0, 0.05) is 12.5 Å². The fourth-order valence-corrected chi connectivity index (χ4v) is 5.51. The van der Waals surface area contributed by atoms with Gasteiger partial charge >= 0.3 is 5.97 Å². The van der Waals surface area contributed by atoms with Crippen molar-refractivity contribution in [2.75, 3.05) is 13.2 Å². The van der Waals surface area contributed by atoms with Crippen LogP contribution >= 0.6 is 0 Å². The Kier molecular flexibility index (Phi) is 18.2. The zero-order valence-corrected chi connectivity index (χ0v) is 26.0. The van der Waals surface area contributed by atoms with Crippen molar-refractivity contribution in [2.24, 2.45) is 23.5 Å². The predicted molar refractivity (Wildman–Crippen MR) is 171 cm³/mol. The molecule has 0 heterocycles. The summed E-state index contributed by atoms with van der Waals surface area (Å²) in [6.45, 7) is 4.50. The minimum atomic E-state index is -0.565. The van der Waals surface area contributed by atoms with Gasteiger partial charge in [-0.2, -0.15) is 0 Å². The molecule has 42 heavy (non-hydrogen) atoms. The first-order chi connectivity index (χ1) is 20.5. The summed E-state index contributed by atoms with van der Waals surface area (Å²) in [7, 11) is 0. The van der Waals surface area contributed by atoms with Gasteiger partial charge in [0.25, 0.3) is 0 Å². The number of amides is 2. The number of esters is 1. The first kappa shape index (κ1) is 35.2. The maximum absolute atomic E-state index is 13.6. The van der Waals surface area contributed by atoms with Crippen LogP contribution in [-0.4, -0.2) is 30.9 Å². The lowest BCUT2D eigenvalue weighted by Crippen LogP contribution is -2.43. The lowest BCUT2D eigenvalue weighted by Gasteiger charge is -2.23. The molecule has 3 atom stereocenters. The topological polar surface area (TPSA) is 98.5 Å². The van der Waals surface area contributed by atoms with Crippen LogP contribution in [0.4, 0.5) is 0 Å². The van der Waals surface area contributed by atoms with Gasteiger partial charge in [0.05, 0.1) is 18.4 Å². The second-order valence-corrected chi connectivity index (χ2v) is 11.5. The van der Waals surface area contributed by atoms with Crippen molar-refractivity contribution in [1.82, 2.24) is 5.32 Å². The lowest BCUT2D eigenvalue weighted by molar-refractivity contribution is -0.148. The number of benzene rings is 2. The molecule has 0 aliphatic carbocycles. The second kappa shape index (κ2) is 21.7. The van der Waals surface area contributed by atoms with Gasteiger partial charge in [-0.3, -0.25) is 19.7 Å². The molecule has 0 aliphatic heterocycles. The summed E-state index contributed by atoms with van der Waals surface area (Å²) in [6.07, 6.45) is 14.1. The Morgan fingerprint density at radius 2 is 1.14 bits per heavy atom. The van der Waals surface area contributed by atoms with Gasteiger partial charge in [-0.05, 0) is 43.7 Å². The van der Waals surface area contributed by atoms with E-state index in [1.54, 1.807) is 6.92 Å². The largest absolute Gasteiger partial charge is 0.466 e. The van der Waals surface area contributed by atoms with Crippen molar-refractivity contribution >= 4 is 17.8 Å². The molecular formula is C36H54N2O4. The fourth-order valence-electron chi connectivity index (χ4n) is 5.51. The summed E-state index contributed by atoms with van der Waals surface area (Å²) in [5.41, 5.74) is 7.96. The van der Waals surface area contributed by atoms with Crippen molar-refractivity contribution in [2.45, 2.75) is 104 Å². The number of nitrogens with two attached hydrogens (primary N) is 1. The van der Waals surface area contributed by atoms with Crippen LogP contribution in [0.25, 0.3) is 0 Å². The molecule has 3 N–H and O–H groups in total. The number of carbonyl (C=O) groups is 3. The van der Waals surface area contributed by atoms with Crippen molar-refractivity contribution < 1.29 is 19.1 Å². The highest BCUT2D eigenvalue weighted by Crippen LogP contribution is 2.24. The molecule has 2 aromatic carbocycles. The average Bonchev–Trinajstić information content (AvgIpc) is 3.00. The van der Waals surface area contributed by atoms with Crippen LogP contribution in [0, 0.1) is 17.8 Å². The number of ether oxygens (including phenoxy) is 1. The molecule has 0 aromatic heterocycles. The Bertz CT molecular complexity index is 1010. The van der Waals surface area contributed by atoms with E-state index in [0.29, 0.717) is 19.3 Å². The highest BCUT2D eigenvalue weighted by molar-refractivity contribution is 5.97. The summed E-state index contributed by atoms with van der Waals surface area (Å²) in [5, 5.41) is 2.67. The molecule has 0 aliphatic rings. The molecule has 0 bridgehead atoms. The summed E-state index contributed by atoms with van der Waals surface area (Å²) in [6, 6.07) is 19.5. The zero-order chi connectivity index (χ0) is 30.4. The van der Waals surface area contributed by atoms with Gasteiger partial charge in [-0.25, -0.2) is 0 Å². The van der Waals surface area contributed by atoms with Gasteiger partial charge in [0.1, 0.15) is 0 Å². The highest BCUT2D eigenvalue weighted by Gasteiger charge is 2.30. The third-order valence-electron chi connectivity index (χ3n) is 8.02. The smallest absolute Gasteiger partial charge is 0.309 e. The van der Waals surface area contributed by atoms with E-state index in [4.69, 9.17) is 10.5 Å². The van der Waals surface area contributed by atoms with Crippen LogP contribution < -0.4 is 11.1 Å². The van der Waals surface area contributed by atoms with Crippen LogP contribution in [-0.2, 0) is 32.0 Å². The van der Waals surface area contributed by atoms with E-state index >= 15 is 0 Å². The maximum Gasteiger partial charge on any atom is 0.309 e. The molecule has 2 rings (SSSR count). The second-order valence-electron chi connectivity index (χ2n) is 11.5. The number of rotatable bonds is 22. The number of imide groups is 1. The minimum Gasteiger partial charge on any atom is -0.466 e. The molecule has 0 saturated carbocycles. The van der Waals surface area contributed by atoms with E-state index < -0.39 is 17.8 Å². The molecule has 232 valence electrons. The summed E-state index contributed by atoms with van der Waals surface area (Å²) in [5.74, 6) is -2.45. The molecule has 3 unspecified atom stereocenters. The summed E-state index contributed by atoms with van der Waals surface area (Å²) >= 11 is 0. The van der Waals surface area contributed by atoms with E-state index in [0.717, 1.165) is 24.0 Å². The quantitative estimate of drug-likeness (QED) is 0.114. The average molecular weight is 579 g/mol. The number of hydrogen-bond acceptors (Lipinski definition) is 5. The van der Waals surface area contributed by atoms with Gasteiger partial charge < -0.3 is 10.5 Å². The van der Waals surface area contributed by atoms with Gasteiger partial charge in [-0.1, -0.05) is 132 Å². The maximum atomic E-state index is 13.6. The number of carbonyl (C=O) groups excluding carboxylic acids is 3. The third-order valence-corrected chi connectivity index (χ3v) is 8.02. The lowest BCUT2D eigenvalue weighted by atomic mass is 9.85. The van der Waals surface area contributed by atoms with E-state index in [-0.39, 0.29) is 37.4 Å². The van der Waals surface area contributed by atoms with Gasteiger partial charge in [-0.15, -0.1) is 0 Å². The van der Waals surface area contributed by atoms with Crippen molar-refractivity contribution in [3.63, 3.8) is 0 Å². The number of nitrogens with one attached hydrogen (secondary N) is 1. The van der Waals surface area contributed by atoms with Crippen LogP contribution in [0.5, 0.6) is 0 Å². The van der Waals surface area contributed by atoms with Crippen LogP contribution in [0.1, 0.15) is 102 Å². The molecule has 6 nitrogen and oxygen atoms in total.